The standard InChI is InChI=1S/C42H75NO5/c1-3-5-7-9-11-12-13-14-15-16-17-18-19-20-21-22-23-24-25-27-33-37-42(47)48-39(34-30-26-10-8-6-4-2)35-31-28-29-32-36-40(44)43-38-41(45)46/h13-14,16-17,30,34,39H,3-12,15,18-29,31-33,35-38H2,1-2H3,(H,43,44)(H,45,46)/b14-13-,17-16-,34-30-. The van der Waals surface area contributed by atoms with Gasteiger partial charge in [-0.2, -0.15) is 0 Å². The zero-order valence-corrected chi connectivity index (χ0v) is 31.3. The number of carboxylic acids is 1. The molecule has 1 amide bonds. The summed E-state index contributed by atoms with van der Waals surface area (Å²) in [5.41, 5.74) is 0. The van der Waals surface area contributed by atoms with Gasteiger partial charge in [-0.15, -0.1) is 0 Å². The molecule has 6 heteroatoms. The molecular weight excluding hydrogens is 598 g/mol. The van der Waals surface area contributed by atoms with Crippen LogP contribution >= 0.6 is 0 Å². The molecule has 278 valence electrons. The van der Waals surface area contributed by atoms with E-state index in [9.17, 15) is 14.4 Å². The third kappa shape index (κ3) is 36.5. The Kier molecular flexibility index (Phi) is 35.6. The van der Waals surface area contributed by atoms with Crippen molar-refractivity contribution >= 4 is 17.8 Å². The van der Waals surface area contributed by atoms with Gasteiger partial charge in [0, 0.05) is 12.8 Å². The molecule has 0 bridgehead atoms. The van der Waals surface area contributed by atoms with Crippen molar-refractivity contribution in [1.29, 1.82) is 0 Å². The van der Waals surface area contributed by atoms with Gasteiger partial charge in [0.15, 0.2) is 0 Å². The van der Waals surface area contributed by atoms with Crippen LogP contribution in [0.15, 0.2) is 36.5 Å². The number of hydrogen-bond donors (Lipinski definition) is 2. The molecule has 0 rings (SSSR count). The van der Waals surface area contributed by atoms with Gasteiger partial charge in [-0.05, 0) is 76.7 Å². The minimum absolute atomic E-state index is 0.0892. The molecule has 0 aromatic rings. The van der Waals surface area contributed by atoms with Crippen LogP contribution in [0.4, 0.5) is 0 Å². The summed E-state index contributed by atoms with van der Waals surface area (Å²) < 4.78 is 5.87. The zero-order valence-electron chi connectivity index (χ0n) is 31.3. The molecule has 0 heterocycles. The Labute approximate surface area is 296 Å². The number of amides is 1. The van der Waals surface area contributed by atoms with Crippen molar-refractivity contribution in [3.8, 4) is 0 Å². The number of carboxylic acid groups (broad SMARTS) is 1. The van der Waals surface area contributed by atoms with E-state index in [1.54, 1.807) is 0 Å². The van der Waals surface area contributed by atoms with Crippen LogP contribution in [0.2, 0.25) is 0 Å². The first kappa shape index (κ1) is 45.6. The molecule has 1 unspecified atom stereocenters. The van der Waals surface area contributed by atoms with E-state index in [1.165, 1.54) is 116 Å². The zero-order chi connectivity index (χ0) is 35.2. The highest BCUT2D eigenvalue weighted by molar-refractivity contribution is 5.80. The molecule has 2 N–H and O–H groups in total. The Morgan fingerprint density at radius 2 is 1.02 bits per heavy atom. The van der Waals surface area contributed by atoms with Crippen molar-refractivity contribution in [3.05, 3.63) is 36.5 Å². The van der Waals surface area contributed by atoms with Crippen LogP contribution in [-0.4, -0.2) is 35.6 Å². The molecule has 0 radical (unpaired) electrons. The summed E-state index contributed by atoms with van der Waals surface area (Å²) in [6.45, 7) is 4.16. The van der Waals surface area contributed by atoms with E-state index in [2.05, 4.69) is 55.6 Å². The first-order valence-corrected chi connectivity index (χ1v) is 20.1. The van der Waals surface area contributed by atoms with E-state index < -0.39 is 5.97 Å². The lowest BCUT2D eigenvalue weighted by Crippen LogP contribution is -2.28. The molecule has 0 aliphatic carbocycles. The summed E-state index contributed by atoms with van der Waals surface area (Å²) in [6.07, 6.45) is 45.8. The number of allylic oxidation sites excluding steroid dienone is 5. The quantitative estimate of drug-likeness (QED) is 0.0392. The minimum atomic E-state index is -1.03. The number of esters is 1. The molecule has 0 aliphatic heterocycles. The molecular formula is C42H75NO5. The van der Waals surface area contributed by atoms with Crippen molar-refractivity contribution in [2.24, 2.45) is 0 Å². The second-order valence-electron chi connectivity index (χ2n) is 13.5. The summed E-state index contributed by atoms with van der Waals surface area (Å²) in [4.78, 5) is 34.8. The molecule has 6 nitrogen and oxygen atoms in total. The number of hydrogen-bond acceptors (Lipinski definition) is 4. The van der Waals surface area contributed by atoms with Crippen molar-refractivity contribution in [2.45, 2.75) is 206 Å². The number of nitrogens with one attached hydrogen (secondary N) is 1. The molecule has 0 saturated heterocycles. The minimum Gasteiger partial charge on any atom is -0.480 e. The smallest absolute Gasteiger partial charge is 0.322 e. The number of unbranched alkanes of at least 4 members (excludes halogenated alkanes) is 21. The Morgan fingerprint density at radius 1 is 0.562 bits per heavy atom. The molecule has 0 spiro atoms. The number of ether oxygens (including phenoxy) is 1. The van der Waals surface area contributed by atoms with Gasteiger partial charge in [-0.1, -0.05) is 147 Å². The predicted molar refractivity (Wildman–Crippen MR) is 203 cm³/mol. The molecule has 0 aromatic heterocycles. The fraction of sp³-hybridized carbons (Fsp3) is 0.786. The fourth-order valence-electron chi connectivity index (χ4n) is 5.75. The summed E-state index contributed by atoms with van der Waals surface area (Å²) in [5.74, 6) is -1.33. The van der Waals surface area contributed by atoms with E-state index >= 15 is 0 Å². The highest BCUT2D eigenvalue weighted by atomic mass is 16.5. The third-order valence-corrected chi connectivity index (χ3v) is 8.77. The Bertz CT molecular complexity index is 834. The van der Waals surface area contributed by atoms with Gasteiger partial charge < -0.3 is 15.2 Å². The molecule has 0 saturated carbocycles. The van der Waals surface area contributed by atoms with E-state index in [4.69, 9.17) is 9.84 Å². The maximum Gasteiger partial charge on any atom is 0.322 e. The highest BCUT2D eigenvalue weighted by Crippen LogP contribution is 2.15. The number of aliphatic carboxylic acids is 1. The maximum atomic E-state index is 12.6. The van der Waals surface area contributed by atoms with Crippen LogP contribution in [-0.2, 0) is 19.1 Å². The van der Waals surface area contributed by atoms with Crippen LogP contribution in [0, 0.1) is 0 Å². The van der Waals surface area contributed by atoms with Gasteiger partial charge in [0.1, 0.15) is 12.6 Å². The normalized spacial score (nSPS) is 12.4. The average Bonchev–Trinajstić information content (AvgIpc) is 3.07. The topological polar surface area (TPSA) is 92.7 Å². The molecule has 1 atom stereocenters. The van der Waals surface area contributed by atoms with Gasteiger partial charge >= 0.3 is 11.9 Å². The second-order valence-corrected chi connectivity index (χ2v) is 13.5. The van der Waals surface area contributed by atoms with Crippen molar-refractivity contribution in [1.82, 2.24) is 5.32 Å². The van der Waals surface area contributed by atoms with Crippen molar-refractivity contribution in [3.63, 3.8) is 0 Å². The first-order chi connectivity index (χ1) is 23.5. The van der Waals surface area contributed by atoms with E-state index in [-0.39, 0.29) is 24.5 Å². The lowest BCUT2D eigenvalue weighted by atomic mass is 10.1. The molecule has 0 fully saturated rings. The lowest BCUT2D eigenvalue weighted by Gasteiger charge is -2.15. The number of carbonyl (C=O) groups excluding carboxylic acids is 2. The second kappa shape index (κ2) is 37.4. The van der Waals surface area contributed by atoms with Gasteiger partial charge in [-0.3, -0.25) is 14.4 Å². The van der Waals surface area contributed by atoms with Gasteiger partial charge in [0.2, 0.25) is 5.91 Å². The summed E-state index contributed by atoms with van der Waals surface area (Å²) in [6, 6.07) is 0. The molecule has 0 aliphatic rings. The molecule has 0 aromatic carbocycles. The summed E-state index contributed by atoms with van der Waals surface area (Å²) in [7, 11) is 0. The van der Waals surface area contributed by atoms with Crippen LogP contribution < -0.4 is 5.32 Å². The fourth-order valence-corrected chi connectivity index (χ4v) is 5.75. The maximum absolute atomic E-state index is 12.6. The van der Waals surface area contributed by atoms with Crippen molar-refractivity contribution < 1.29 is 24.2 Å². The Morgan fingerprint density at radius 3 is 1.58 bits per heavy atom. The van der Waals surface area contributed by atoms with Crippen LogP contribution in [0.3, 0.4) is 0 Å². The Balaban J connectivity index is 3.93. The highest BCUT2D eigenvalue weighted by Gasteiger charge is 2.12. The number of carbonyl (C=O) groups is 3. The van der Waals surface area contributed by atoms with Gasteiger partial charge in [0.05, 0.1) is 0 Å². The van der Waals surface area contributed by atoms with E-state index in [0.29, 0.717) is 12.8 Å². The van der Waals surface area contributed by atoms with Crippen LogP contribution in [0.25, 0.3) is 0 Å². The summed E-state index contributed by atoms with van der Waals surface area (Å²) in [5, 5.41) is 11.0. The third-order valence-electron chi connectivity index (χ3n) is 8.77. The van der Waals surface area contributed by atoms with Gasteiger partial charge in [0.25, 0.3) is 0 Å². The predicted octanol–water partition coefficient (Wildman–Crippen LogP) is 12.1. The van der Waals surface area contributed by atoms with Crippen LogP contribution in [0.1, 0.15) is 200 Å². The van der Waals surface area contributed by atoms with Crippen molar-refractivity contribution in [2.75, 3.05) is 6.54 Å². The first-order valence-electron chi connectivity index (χ1n) is 20.1. The summed E-state index contributed by atoms with van der Waals surface area (Å²) >= 11 is 0. The monoisotopic (exact) mass is 674 g/mol. The molecule has 48 heavy (non-hydrogen) atoms. The Hall–Kier alpha value is -2.37. The van der Waals surface area contributed by atoms with Crippen LogP contribution in [0.5, 0.6) is 0 Å². The SMILES string of the molecule is CCCCCC/C=C\C(CCCCCCC(=O)NCC(=O)O)OC(=O)CCCCCCCCCCC/C=C\C/C=C\CCCCCCC. The van der Waals surface area contributed by atoms with E-state index in [1.807, 2.05) is 0 Å². The average molecular weight is 674 g/mol. The van der Waals surface area contributed by atoms with E-state index in [0.717, 1.165) is 57.8 Å². The largest absolute Gasteiger partial charge is 0.480 e. The van der Waals surface area contributed by atoms with Gasteiger partial charge in [-0.25, -0.2) is 0 Å². The lowest BCUT2D eigenvalue weighted by molar-refractivity contribution is -0.147. The number of rotatable bonds is 36.